The highest BCUT2D eigenvalue weighted by Crippen LogP contribution is 2.26. The summed E-state index contributed by atoms with van der Waals surface area (Å²) < 4.78 is 1.06. The molecule has 94 valence electrons. The Morgan fingerprint density at radius 1 is 1.35 bits per heavy atom. The lowest BCUT2D eigenvalue weighted by Gasteiger charge is -2.33. The van der Waals surface area contributed by atoms with Crippen LogP contribution < -0.4 is 0 Å². The standard InChI is InChI=1S/C14H20BrNO/c1-16-9-3-2-4-13(16)10-14(17)11-5-7-12(15)8-6-11/h5-8,13-14,17H,2-4,9-10H2,1H3/t13?,14-/m0/s1. The van der Waals surface area contributed by atoms with Crippen LogP contribution in [-0.2, 0) is 0 Å². The molecule has 1 aromatic rings. The van der Waals surface area contributed by atoms with Crippen LogP contribution in [0.1, 0.15) is 37.4 Å². The summed E-state index contributed by atoms with van der Waals surface area (Å²) in [5.74, 6) is 0. The Labute approximate surface area is 112 Å². The fourth-order valence-corrected chi connectivity index (χ4v) is 2.78. The topological polar surface area (TPSA) is 23.5 Å². The molecule has 17 heavy (non-hydrogen) atoms. The van der Waals surface area contributed by atoms with E-state index in [-0.39, 0.29) is 6.10 Å². The van der Waals surface area contributed by atoms with E-state index in [1.165, 1.54) is 19.3 Å². The molecular weight excluding hydrogens is 278 g/mol. The lowest BCUT2D eigenvalue weighted by Crippen LogP contribution is -2.37. The van der Waals surface area contributed by atoms with Crippen LogP contribution >= 0.6 is 15.9 Å². The monoisotopic (exact) mass is 297 g/mol. The molecule has 0 amide bonds. The van der Waals surface area contributed by atoms with E-state index >= 15 is 0 Å². The summed E-state index contributed by atoms with van der Waals surface area (Å²) in [5.41, 5.74) is 1.02. The van der Waals surface area contributed by atoms with Crippen molar-refractivity contribution < 1.29 is 5.11 Å². The summed E-state index contributed by atoms with van der Waals surface area (Å²) >= 11 is 3.41. The summed E-state index contributed by atoms with van der Waals surface area (Å²) in [6.45, 7) is 1.16. The van der Waals surface area contributed by atoms with E-state index in [0.29, 0.717) is 6.04 Å². The molecule has 2 rings (SSSR count). The lowest BCUT2D eigenvalue weighted by atomic mass is 9.94. The number of halogens is 1. The van der Waals surface area contributed by atoms with Gasteiger partial charge in [0.25, 0.3) is 0 Å². The molecule has 1 fully saturated rings. The molecule has 0 aromatic heterocycles. The number of hydrogen-bond acceptors (Lipinski definition) is 2. The second-order valence-electron chi connectivity index (χ2n) is 4.93. The summed E-state index contributed by atoms with van der Waals surface area (Å²) in [7, 11) is 2.16. The molecule has 1 unspecified atom stereocenters. The van der Waals surface area contributed by atoms with E-state index in [1.807, 2.05) is 24.3 Å². The van der Waals surface area contributed by atoms with E-state index in [9.17, 15) is 5.11 Å². The first-order valence-electron chi connectivity index (χ1n) is 6.30. The first-order chi connectivity index (χ1) is 8.16. The van der Waals surface area contributed by atoms with Crippen molar-refractivity contribution in [3.63, 3.8) is 0 Å². The van der Waals surface area contributed by atoms with Gasteiger partial charge in [-0.05, 0) is 50.6 Å². The summed E-state index contributed by atoms with van der Waals surface area (Å²) in [4.78, 5) is 2.38. The molecule has 3 heteroatoms. The highest BCUT2D eigenvalue weighted by atomic mass is 79.9. The van der Waals surface area contributed by atoms with Gasteiger partial charge in [0.2, 0.25) is 0 Å². The second-order valence-corrected chi connectivity index (χ2v) is 5.85. The second kappa shape index (κ2) is 5.98. The third-order valence-electron chi connectivity index (χ3n) is 3.67. The van der Waals surface area contributed by atoms with Gasteiger partial charge in [-0.3, -0.25) is 0 Å². The molecule has 1 aliphatic rings. The Kier molecular flexibility index (Phi) is 4.60. The van der Waals surface area contributed by atoms with Crippen molar-refractivity contribution in [2.24, 2.45) is 0 Å². The molecular formula is C14H20BrNO. The van der Waals surface area contributed by atoms with Gasteiger partial charge < -0.3 is 10.0 Å². The molecule has 2 atom stereocenters. The van der Waals surface area contributed by atoms with Gasteiger partial charge >= 0.3 is 0 Å². The Morgan fingerprint density at radius 3 is 2.71 bits per heavy atom. The van der Waals surface area contributed by atoms with Gasteiger partial charge in [0, 0.05) is 10.5 Å². The van der Waals surface area contributed by atoms with Crippen LogP contribution in [0.3, 0.4) is 0 Å². The van der Waals surface area contributed by atoms with E-state index < -0.39 is 0 Å². The van der Waals surface area contributed by atoms with Crippen LogP contribution in [0.15, 0.2) is 28.7 Å². The molecule has 0 spiro atoms. The number of hydrogen-bond donors (Lipinski definition) is 1. The molecule has 1 aromatic carbocycles. The summed E-state index contributed by atoms with van der Waals surface area (Å²) in [5, 5.41) is 10.2. The minimum atomic E-state index is -0.339. The minimum absolute atomic E-state index is 0.339. The molecule has 2 nitrogen and oxygen atoms in total. The number of benzene rings is 1. The van der Waals surface area contributed by atoms with Crippen LogP contribution in [0.4, 0.5) is 0 Å². The first-order valence-corrected chi connectivity index (χ1v) is 7.10. The average molecular weight is 298 g/mol. The third-order valence-corrected chi connectivity index (χ3v) is 4.20. The number of rotatable bonds is 3. The maximum Gasteiger partial charge on any atom is 0.0805 e. The highest BCUT2D eigenvalue weighted by molar-refractivity contribution is 9.10. The number of aliphatic hydroxyl groups excluding tert-OH is 1. The summed E-state index contributed by atoms with van der Waals surface area (Å²) in [6, 6.07) is 8.50. The Balaban J connectivity index is 1.95. The zero-order valence-corrected chi connectivity index (χ0v) is 11.9. The molecule has 1 N–H and O–H groups in total. The van der Waals surface area contributed by atoms with Gasteiger partial charge in [-0.2, -0.15) is 0 Å². The van der Waals surface area contributed by atoms with Crippen LogP contribution in [-0.4, -0.2) is 29.6 Å². The Hall–Kier alpha value is -0.380. The van der Waals surface area contributed by atoms with Crippen molar-refractivity contribution in [2.45, 2.75) is 37.8 Å². The SMILES string of the molecule is CN1CCCCC1C[C@H](O)c1ccc(Br)cc1. The van der Waals surface area contributed by atoms with Gasteiger partial charge in [0.05, 0.1) is 6.10 Å². The van der Waals surface area contributed by atoms with Crippen LogP contribution in [0.2, 0.25) is 0 Å². The number of nitrogens with zero attached hydrogens (tertiary/aromatic N) is 1. The molecule has 0 bridgehead atoms. The predicted molar refractivity (Wildman–Crippen MR) is 74.0 cm³/mol. The van der Waals surface area contributed by atoms with Crippen molar-refractivity contribution in [3.05, 3.63) is 34.3 Å². The van der Waals surface area contributed by atoms with Crippen LogP contribution in [0.5, 0.6) is 0 Å². The third kappa shape index (κ3) is 3.54. The van der Waals surface area contributed by atoms with Crippen molar-refractivity contribution in [1.29, 1.82) is 0 Å². The van der Waals surface area contributed by atoms with Gasteiger partial charge in [0.15, 0.2) is 0 Å². The smallest absolute Gasteiger partial charge is 0.0805 e. The van der Waals surface area contributed by atoms with Crippen molar-refractivity contribution in [3.8, 4) is 0 Å². The Morgan fingerprint density at radius 2 is 2.06 bits per heavy atom. The van der Waals surface area contributed by atoms with E-state index in [2.05, 4.69) is 27.9 Å². The quantitative estimate of drug-likeness (QED) is 0.925. The molecule has 0 aliphatic carbocycles. The number of piperidine rings is 1. The van der Waals surface area contributed by atoms with Crippen molar-refractivity contribution in [1.82, 2.24) is 4.90 Å². The number of aliphatic hydroxyl groups is 1. The zero-order valence-electron chi connectivity index (χ0n) is 10.3. The largest absolute Gasteiger partial charge is 0.388 e. The fourth-order valence-electron chi connectivity index (χ4n) is 2.52. The maximum absolute atomic E-state index is 10.2. The van der Waals surface area contributed by atoms with Gasteiger partial charge in [-0.1, -0.05) is 34.5 Å². The number of likely N-dealkylation sites (tertiary alicyclic amines) is 1. The van der Waals surface area contributed by atoms with Crippen molar-refractivity contribution in [2.75, 3.05) is 13.6 Å². The van der Waals surface area contributed by atoms with E-state index in [0.717, 1.165) is 23.0 Å². The van der Waals surface area contributed by atoms with Crippen LogP contribution in [0.25, 0.3) is 0 Å². The van der Waals surface area contributed by atoms with Gasteiger partial charge in [-0.15, -0.1) is 0 Å². The van der Waals surface area contributed by atoms with Crippen LogP contribution in [0, 0.1) is 0 Å². The zero-order chi connectivity index (χ0) is 12.3. The molecule has 0 radical (unpaired) electrons. The van der Waals surface area contributed by atoms with Crippen molar-refractivity contribution >= 4 is 15.9 Å². The van der Waals surface area contributed by atoms with Gasteiger partial charge in [0.1, 0.15) is 0 Å². The van der Waals surface area contributed by atoms with Gasteiger partial charge in [-0.25, -0.2) is 0 Å². The average Bonchev–Trinajstić information content (AvgIpc) is 2.33. The Bertz CT molecular complexity index is 352. The molecule has 1 saturated heterocycles. The molecule has 1 heterocycles. The summed E-state index contributed by atoms with van der Waals surface area (Å²) in [6.07, 6.45) is 4.31. The predicted octanol–water partition coefficient (Wildman–Crippen LogP) is 3.36. The molecule has 0 saturated carbocycles. The normalized spacial score (nSPS) is 23.6. The highest BCUT2D eigenvalue weighted by Gasteiger charge is 2.22. The minimum Gasteiger partial charge on any atom is -0.388 e. The van der Waals surface area contributed by atoms with E-state index in [4.69, 9.17) is 0 Å². The maximum atomic E-state index is 10.2. The first kappa shape index (κ1) is 13.1. The molecule has 1 aliphatic heterocycles. The lowest BCUT2D eigenvalue weighted by molar-refractivity contribution is 0.0944. The fraction of sp³-hybridized carbons (Fsp3) is 0.571. The van der Waals surface area contributed by atoms with E-state index in [1.54, 1.807) is 0 Å².